The molecular weight excluding hydrogens is 916 g/mol. The van der Waals surface area contributed by atoms with Gasteiger partial charge in [-0.1, -0.05) is 6.07 Å². The van der Waals surface area contributed by atoms with Crippen LogP contribution in [0.15, 0.2) is 57.8 Å². The average Bonchev–Trinajstić information content (AvgIpc) is 3.60. The molecule has 3 saturated heterocycles. The molecule has 4 heterocycles. The molecule has 68 heavy (non-hydrogen) atoms. The van der Waals surface area contributed by atoms with Gasteiger partial charge in [-0.2, -0.15) is 0 Å². The first-order valence-corrected chi connectivity index (χ1v) is 20.4. The molecule has 3 aliphatic rings. The fourth-order valence-corrected chi connectivity index (χ4v) is 7.55. The monoisotopic (exact) mass is 964 g/mol. The second kappa shape index (κ2) is 20.3. The first kappa shape index (κ1) is 49.9. The molecule has 13 N–H and O–H groups in total. The summed E-state index contributed by atoms with van der Waals surface area (Å²) in [5.41, 5.74) is -3.75. The van der Waals surface area contributed by atoms with Crippen molar-refractivity contribution in [3.63, 3.8) is 0 Å². The zero-order valence-corrected chi connectivity index (χ0v) is 35.7. The number of aliphatic hydroxyl groups excluding tert-OH is 7. The van der Waals surface area contributed by atoms with E-state index in [1.165, 1.54) is 31.4 Å². The number of methoxy groups -OCH3 is 2. The maximum absolute atomic E-state index is 14.4. The molecule has 0 saturated carbocycles. The molecular formula is C43H48O25. The Morgan fingerprint density at radius 3 is 2.13 bits per heavy atom. The number of esters is 1. The highest BCUT2D eigenvalue weighted by Crippen LogP contribution is 2.45. The van der Waals surface area contributed by atoms with Crippen molar-refractivity contribution in [1.29, 1.82) is 0 Å². The Morgan fingerprint density at radius 1 is 0.779 bits per heavy atom. The van der Waals surface area contributed by atoms with Gasteiger partial charge < -0.3 is 113 Å². The van der Waals surface area contributed by atoms with E-state index >= 15 is 0 Å². The van der Waals surface area contributed by atoms with E-state index in [1.54, 1.807) is 0 Å². The molecule has 7 rings (SSSR count). The summed E-state index contributed by atoms with van der Waals surface area (Å²) in [7, 11) is 2.38. The van der Waals surface area contributed by atoms with Gasteiger partial charge in [-0.3, -0.25) is 4.79 Å². The van der Waals surface area contributed by atoms with Crippen molar-refractivity contribution >= 4 is 23.0 Å². The second-order valence-corrected chi connectivity index (χ2v) is 15.8. The highest BCUT2D eigenvalue weighted by atomic mass is 16.8. The van der Waals surface area contributed by atoms with Crippen LogP contribution in [0.3, 0.4) is 0 Å². The predicted octanol–water partition coefficient (Wildman–Crippen LogP) is -2.26. The molecule has 25 nitrogen and oxygen atoms in total. The Bertz CT molecular complexity index is 2550. The number of rotatable bonds is 15. The van der Waals surface area contributed by atoms with Crippen LogP contribution in [0.2, 0.25) is 0 Å². The molecule has 25 heteroatoms. The van der Waals surface area contributed by atoms with E-state index in [0.29, 0.717) is 5.56 Å². The Kier molecular flexibility index (Phi) is 14.9. The van der Waals surface area contributed by atoms with E-state index in [-0.39, 0.29) is 17.1 Å². The molecule has 13 atom stereocenters. The standard InChI is InChI=1S/C43H48O25/c1-59-22-9-16(3-6-19(22)47)4-8-26(50)66-37-32(55)28(51)24(12-44)64-40(37)61-13-25-29(52)33(56)38(68-42-39(57)43(58,14-45)15-62-42)41(65-25)67-36-31(54)27-23(11-21(49)35(60-2)30(27)53)63-34(36)17-5-7-18(46)20(48)10-17/h3-11,24-25,28-29,32-33,37-42,44-49,51-53,55-58H,12-15H2,1-2H3/b8-4+/t24-,25-,28-,29-,32+,33+,37-,38-,39+,40-,41+,42+,43-/m1/s1. The van der Waals surface area contributed by atoms with Crippen molar-refractivity contribution in [1.82, 2.24) is 0 Å². The molecule has 0 unspecified atom stereocenters. The molecule has 0 spiro atoms. The lowest BCUT2D eigenvalue weighted by atomic mass is 9.97. The van der Waals surface area contributed by atoms with Crippen LogP contribution in [0.25, 0.3) is 28.4 Å². The van der Waals surface area contributed by atoms with Gasteiger partial charge in [0.05, 0.1) is 40.6 Å². The third-order valence-electron chi connectivity index (χ3n) is 11.4. The van der Waals surface area contributed by atoms with Gasteiger partial charge >= 0.3 is 5.97 Å². The van der Waals surface area contributed by atoms with Crippen molar-refractivity contribution in [2.45, 2.75) is 79.4 Å². The normalized spacial score (nSPS) is 30.7. The topological polar surface area (TPSA) is 393 Å². The van der Waals surface area contributed by atoms with Gasteiger partial charge in [-0.05, 0) is 42.0 Å². The van der Waals surface area contributed by atoms with E-state index in [0.717, 1.165) is 37.5 Å². The highest BCUT2D eigenvalue weighted by molar-refractivity contribution is 5.91. The number of fused-ring (bicyclic) bond motifs is 1. The van der Waals surface area contributed by atoms with Crippen molar-refractivity contribution in [3.8, 4) is 57.3 Å². The summed E-state index contributed by atoms with van der Waals surface area (Å²) >= 11 is 0. The number of phenolic OH excluding ortho intramolecular Hbond substituents is 5. The van der Waals surface area contributed by atoms with Crippen LogP contribution in [-0.2, 0) is 33.2 Å². The molecule has 370 valence electrons. The average molecular weight is 965 g/mol. The SMILES string of the molecule is COc1cc(/C=C/C(=O)O[C@H]2[C@H](OC[C@H]3O[C@@H](Oc4c(-c5ccc(O)c(O)c5)oc5cc(O)c(OC)c(O)c5c4=O)[C@H](O[C@@H]4OC[C@](O)(CO)[C@H]4O)[C@@H](O)[C@@H]3O)O[C@H](CO)[C@@H](O)[C@@H]2O)ccc1O. The van der Waals surface area contributed by atoms with E-state index in [2.05, 4.69) is 0 Å². The van der Waals surface area contributed by atoms with Crippen molar-refractivity contribution in [2.24, 2.45) is 0 Å². The molecule has 0 radical (unpaired) electrons. The van der Waals surface area contributed by atoms with E-state index in [4.69, 9.17) is 47.0 Å². The predicted molar refractivity (Wildman–Crippen MR) is 222 cm³/mol. The van der Waals surface area contributed by atoms with Gasteiger partial charge in [0, 0.05) is 17.7 Å². The summed E-state index contributed by atoms with van der Waals surface area (Å²) in [4.78, 5) is 27.5. The summed E-state index contributed by atoms with van der Waals surface area (Å²) in [5, 5.41) is 137. The molecule has 3 aliphatic heterocycles. The Balaban J connectivity index is 1.23. The third kappa shape index (κ3) is 9.65. The maximum Gasteiger partial charge on any atom is 0.331 e. The number of ether oxygens (including phenoxy) is 9. The summed E-state index contributed by atoms with van der Waals surface area (Å²) in [6.45, 7) is -3.48. The minimum Gasteiger partial charge on any atom is -0.504 e. The van der Waals surface area contributed by atoms with Crippen LogP contribution in [0, 0.1) is 0 Å². The summed E-state index contributed by atoms with van der Waals surface area (Å²) in [5.74, 6) is -6.12. The number of carbonyl (C=O) groups is 1. The number of benzene rings is 3. The minimum absolute atomic E-state index is 0.0873. The van der Waals surface area contributed by atoms with Gasteiger partial charge in [0.2, 0.25) is 23.2 Å². The lowest BCUT2D eigenvalue weighted by Crippen LogP contribution is -2.64. The van der Waals surface area contributed by atoms with E-state index < -0.39 is 168 Å². The zero-order chi connectivity index (χ0) is 49.4. The number of hydrogen-bond acceptors (Lipinski definition) is 25. The maximum atomic E-state index is 14.4. The molecule has 0 amide bonds. The first-order valence-electron chi connectivity index (χ1n) is 20.4. The van der Waals surface area contributed by atoms with Crippen LogP contribution >= 0.6 is 0 Å². The fourth-order valence-electron chi connectivity index (χ4n) is 7.55. The van der Waals surface area contributed by atoms with Crippen molar-refractivity contribution in [2.75, 3.05) is 40.6 Å². The number of hydrogen-bond donors (Lipinski definition) is 13. The highest BCUT2D eigenvalue weighted by Gasteiger charge is 2.55. The lowest BCUT2D eigenvalue weighted by Gasteiger charge is -2.44. The lowest BCUT2D eigenvalue weighted by molar-refractivity contribution is -0.338. The van der Waals surface area contributed by atoms with Crippen LogP contribution in [0.1, 0.15) is 5.56 Å². The summed E-state index contributed by atoms with van der Waals surface area (Å²) in [6, 6.07) is 8.17. The quantitative estimate of drug-likeness (QED) is 0.0340. The molecule has 3 aromatic carbocycles. The van der Waals surface area contributed by atoms with E-state index in [1.807, 2.05) is 0 Å². The number of aliphatic hydroxyl groups is 8. The molecule has 3 fully saturated rings. The third-order valence-corrected chi connectivity index (χ3v) is 11.4. The van der Waals surface area contributed by atoms with E-state index in [9.17, 15) is 76.0 Å². The van der Waals surface area contributed by atoms with Crippen molar-refractivity contribution in [3.05, 3.63) is 64.3 Å². The van der Waals surface area contributed by atoms with Crippen LogP contribution in [0.5, 0.6) is 46.0 Å². The number of carbonyl (C=O) groups excluding carboxylic acids is 1. The van der Waals surface area contributed by atoms with Crippen LogP contribution in [0.4, 0.5) is 0 Å². The van der Waals surface area contributed by atoms with Crippen molar-refractivity contribution < 1.29 is 118 Å². The molecule has 0 aliphatic carbocycles. The molecule has 1 aromatic heterocycles. The largest absolute Gasteiger partial charge is 0.504 e. The zero-order valence-electron chi connectivity index (χ0n) is 35.7. The smallest absolute Gasteiger partial charge is 0.331 e. The number of aromatic hydroxyl groups is 5. The minimum atomic E-state index is -2.27. The first-order chi connectivity index (χ1) is 32.3. The fraction of sp³-hybridized carbons (Fsp3) is 0.442. The second-order valence-electron chi connectivity index (χ2n) is 15.8. The summed E-state index contributed by atoms with van der Waals surface area (Å²) < 4.78 is 56.1. The van der Waals surface area contributed by atoms with Crippen LogP contribution < -0.4 is 19.6 Å². The van der Waals surface area contributed by atoms with Gasteiger partial charge in [0.15, 0.2) is 65.0 Å². The number of phenols is 5. The Labute approximate surface area is 382 Å². The van der Waals surface area contributed by atoms with Gasteiger partial charge in [-0.25, -0.2) is 4.79 Å². The van der Waals surface area contributed by atoms with Gasteiger partial charge in [0.25, 0.3) is 0 Å². The van der Waals surface area contributed by atoms with Gasteiger partial charge in [-0.15, -0.1) is 0 Å². The van der Waals surface area contributed by atoms with Gasteiger partial charge in [0.1, 0.15) is 59.3 Å². The van der Waals surface area contributed by atoms with Crippen LogP contribution in [-0.4, -0.2) is 192 Å². The Morgan fingerprint density at radius 2 is 1.47 bits per heavy atom. The molecule has 4 aromatic rings. The Hall–Kier alpha value is -6.04. The summed E-state index contributed by atoms with van der Waals surface area (Å²) in [6.07, 6.45) is -21.0. The molecule has 0 bridgehead atoms.